The van der Waals surface area contributed by atoms with Gasteiger partial charge in [0.05, 0.1) is 12.1 Å². The number of ether oxygens (including phenoxy) is 1. The van der Waals surface area contributed by atoms with Gasteiger partial charge in [-0.25, -0.2) is 0 Å². The van der Waals surface area contributed by atoms with E-state index in [2.05, 4.69) is 34.5 Å². The average Bonchev–Trinajstić information content (AvgIpc) is 2.45. The highest BCUT2D eigenvalue weighted by molar-refractivity contribution is 6.32. The molecule has 0 heterocycles. The van der Waals surface area contributed by atoms with Crippen LogP contribution in [-0.2, 0) is 6.54 Å². The minimum Gasteiger partial charge on any atom is -0.495 e. The van der Waals surface area contributed by atoms with Crippen LogP contribution >= 0.6 is 11.6 Å². The second-order valence-electron chi connectivity index (χ2n) is 4.76. The lowest BCUT2D eigenvalue weighted by atomic mass is 10.2. The van der Waals surface area contributed by atoms with Crippen LogP contribution in [0.3, 0.4) is 0 Å². The molecule has 0 amide bonds. The van der Waals surface area contributed by atoms with Gasteiger partial charge in [-0.15, -0.1) is 0 Å². The van der Waals surface area contributed by atoms with Gasteiger partial charge < -0.3 is 15.0 Å². The largest absolute Gasteiger partial charge is 0.495 e. The van der Waals surface area contributed by atoms with Gasteiger partial charge in [-0.05, 0) is 35.9 Å². The molecule has 1 N–H and O–H groups in total. The van der Waals surface area contributed by atoms with E-state index in [1.54, 1.807) is 7.11 Å². The van der Waals surface area contributed by atoms with E-state index in [1.165, 1.54) is 11.3 Å². The van der Waals surface area contributed by atoms with Crippen LogP contribution in [0.5, 0.6) is 5.75 Å². The lowest BCUT2D eigenvalue weighted by Crippen LogP contribution is -2.08. The van der Waals surface area contributed by atoms with Crippen molar-refractivity contribution in [3.8, 4) is 5.75 Å². The van der Waals surface area contributed by atoms with Gasteiger partial charge in [0.2, 0.25) is 0 Å². The molecule has 0 atom stereocenters. The Labute approximate surface area is 125 Å². The molecule has 0 saturated carbocycles. The minimum absolute atomic E-state index is 0.612. The molecule has 0 spiro atoms. The predicted octanol–water partition coefficient (Wildman–Crippen LogP) is 4.03. The molecule has 106 valence electrons. The van der Waals surface area contributed by atoms with Crippen molar-refractivity contribution in [2.45, 2.75) is 6.54 Å². The highest BCUT2D eigenvalue weighted by Crippen LogP contribution is 2.27. The van der Waals surface area contributed by atoms with E-state index < -0.39 is 0 Å². The van der Waals surface area contributed by atoms with Gasteiger partial charge in [-0.1, -0.05) is 23.7 Å². The van der Waals surface area contributed by atoms with Crippen LogP contribution in [0.15, 0.2) is 42.5 Å². The van der Waals surface area contributed by atoms with Crippen LogP contribution in [0.25, 0.3) is 0 Å². The number of methoxy groups -OCH3 is 1. The van der Waals surface area contributed by atoms with Gasteiger partial charge >= 0.3 is 0 Å². The Balaban J connectivity index is 1.99. The summed E-state index contributed by atoms with van der Waals surface area (Å²) in [5.74, 6) is 0.688. The van der Waals surface area contributed by atoms with Crippen LogP contribution in [0.2, 0.25) is 5.02 Å². The summed E-state index contributed by atoms with van der Waals surface area (Å²) in [6, 6.07) is 14.1. The summed E-state index contributed by atoms with van der Waals surface area (Å²) in [6.07, 6.45) is 0. The zero-order valence-corrected chi connectivity index (χ0v) is 12.7. The van der Waals surface area contributed by atoms with Crippen molar-refractivity contribution in [2.24, 2.45) is 0 Å². The molecule has 0 bridgehead atoms. The highest BCUT2D eigenvalue weighted by Gasteiger charge is 2.02. The number of anilines is 2. The Morgan fingerprint density at radius 1 is 1.10 bits per heavy atom. The Kier molecular flexibility index (Phi) is 4.74. The highest BCUT2D eigenvalue weighted by atomic mass is 35.5. The maximum Gasteiger partial charge on any atom is 0.137 e. The first-order chi connectivity index (χ1) is 9.60. The smallest absolute Gasteiger partial charge is 0.137 e. The molecule has 2 rings (SSSR count). The van der Waals surface area contributed by atoms with Crippen molar-refractivity contribution >= 4 is 23.0 Å². The molecule has 3 nitrogen and oxygen atoms in total. The number of nitrogens with one attached hydrogen (secondary N) is 1. The third-order valence-corrected chi connectivity index (χ3v) is 3.40. The second-order valence-corrected chi connectivity index (χ2v) is 5.17. The molecular weight excluding hydrogens is 272 g/mol. The normalized spacial score (nSPS) is 10.2. The number of nitrogens with zero attached hydrogens (tertiary/aromatic N) is 1. The Morgan fingerprint density at radius 2 is 1.80 bits per heavy atom. The molecule has 0 aliphatic heterocycles. The fraction of sp³-hybridized carbons (Fsp3) is 0.250. The minimum atomic E-state index is 0.612. The Morgan fingerprint density at radius 3 is 2.35 bits per heavy atom. The van der Waals surface area contributed by atoms with Crippen molar-refractivity contribution in [3.63, 3.8) is 0 Å². The molecule has 0 fully saturated rings. The summed E-state index contributed by atoms with van der Waals surface area (Å²) in [7, 11) is 5.68. The van der Waals surface area contributed by atoms with E-state index in [4.69, 9.17) is 16.3 Å². The lowest BCUT2D eigenvalue weighted by molar-refractivity contribution is 0.415. The van der Waals surface area contributed by atoms with Gasteiger partial charge in [-0.3, -0.25) is 0 Å². The van der Waals surface area contributed by atoms with Crippen LogP contribution in [0.4, 0.5) is 11.4 Å². The zero-order valence-electron chi connectivity index (χ0n) is 12.0. The van der Waals surface area contributed by atoms with E-state index in [-0.39, 0.29) is 0 Å². The summed E-state index contributed by atoms with van der Waals surface area (Å²) < 4.78 is 5.13. The van der Waals surface area contributed by atoms with E-state index in [1.807, 2.05) is 32.3 Å². The predicted molar refractivity (Wildman–Crippen MR) is 86.1 cm³/mol. The third kappa shape index (κ3) is 3.58. The van der Waals surface area contributed by atoms with E-state index in [0.29, 0.717) is 10.8 Å². The molecule has 0 saturated heterocycles. The number of hydrogen-bond donors (Lipinski definition) is 1. The van der Waals surface area contributed by atoms with Crippen LogP contribution in [0, 0.1) is 0 Å². The summed E-state index contributed by atoms with van der Waals surface area (Å²) >= 11 is 6.10. The standard InChI is InChI=1S/C16H19ClN2O/c1-19(2)14-7-4-12(5-8-14)11-18-13-6-9-16(20-3)15(17)10-13/h4-10,18H,11H2,1-3H3. The fourth-order valence-corrected chi connectivity index (χ4v) is 2.15. The molecule has 0 unspecified atom stereocenters. The first-order valence-electron chi connectivity index (χ1n) is 6.44. The van der Waals surface area contributed by atoms with Crippen molar-refractivity contribution in [1.82, 2.24) is 0 Å². The van der Waals surface area contributed by atoms with Crippen molar-refractivity contribution < 1.29 is 4.74 Å². The third-order valence-electron chi connectivity index (χ3n) is 3.10. The molecular formula is C16H19ClN2O. The molecule has 2 aromatic carbocycles. The Hall–Kier alpha value is -1.87. The first-order valence-corrected chi connectivity index (χ1v) is 6.81. The number of halogens is 1. The molecule has 0 aliphatic rings. The van der Waals surface area contributed by atoms with Crippen LogP contribution in [0.1, 0.15) is 5.56 Å². The van der Waals surface area contributed by atoms with Gasteiger partial charge in [0, 0.05) is 32.0 Å². The molecule has 20 heavy (non-hydrogen) atoms. The fourth-order valence-electron chi connectivity index (χ4n) is 1.89. The molecule has 0 aromatic heterocycles. The summed E-state index contributed by atoms with van der Waals surface area (Å²) in [4.78, 5) is 2.08. The lowest BCUT2D eigenvalue weighted by Gasteiger charge is -2.13. The quantitative estimate of drug-likeness (QED) is 0.900. The van der Waals surface area contributed by atoms with Gasteiger partial charge in [0.1, 0.15) is 5.75 Å². The van der Waals surface area contributed by atoms with Crippen molar-refractivity contribution in [3.05, 3.63) is 53.1 Å². The number of benzene rings is 2. The first kappa shape index (κ1) is 14.5. The molecule has 0 aliphatic carbocycles. The Bertz CT molecular complexity index is 567. The number of rotatable bonds is 5. The van der Waals surface area contributed by atoms with E-state index in [0.717, 1.165) is 12.2 Å². The van der Waals surface area contributed by atoms with E-state index in [9.17, 15) is 0 Å². The monoisotopic (exact) mass is 290 g/mol. The molecule has 2 aromatic rings. The van der Waals surface area contributed by atoms with Gasteiger partial charge in [0.25, 0.3) is 0 Å². The molecule has 0 radical (unpaired) electrons. The van der Waals surface area contributed by atoms with Gasteiger partial charge in [0.15, 0.2) is 0 Å². The van der Waals surface area contributed by atoms with Crippen LogP contribution in [-0.4, -0.2) is 21.2 Å². The van der Waals surface area contributed by atoms with Crippen molar-refractivity contribution in [1.29, 1.82) is 0 Å². The maximum absolute atomic E-state index is 6.10. The number of hydrogen-bond acceptors (Lipinski definition) is 3. The summed E-state index contributed by atoms with van der Waals surface area (Å²) in [6.45, 7) is 0.760. The SMILES string of the molecule is COc1ccc(NCc2ccc(N(C)C)cc2)cc1Cl. The summed E-state index contributed by atoms with van der Waals surface area (Å²) in [5, 5.41) is 3.96. The zero-order chi connectivity index (χ0) is 14.5. The topological polar surface area (TPSA) is 24.5 Å². The van der Waals surface area contributed by atoms with Crippen LogP contribution < -0.4 is 15.0 Å². The second kappa shape index (κ2) is 6.53. The van der Waals surface area contributed by atoms with E-state index >= 15 is 0 Å². The molecule has 4 heteroatoms. The maximum atomic E-state index is 6.10. The van der Waals surface area contributed by atoms with Crippen molar-refractivity contribution in [2.75, 3.05) is 31.4 Å². The van der Waals surface area contributed by atoms with Gasteiger partial charge in [-0.2, -0.15) is 0 Å². The average molecular weight is 291 g/mol. The summed E-state index contributed by atoms with van der Waals surface area (Å²) in [5.41, 5.74) is 3.40.